The average molecular weight is 419 g/mol. The lowest BCUT2D eigenvalue weighted by Crippen LogP contribution is -2.44. The number of hydrazine groups is 1. The van der Waals surface area contributed by atoms with Gasteiger partial charge in [-0.3, -0.25) is 20.4 Å². The molecular formula is C19H21N3O6S. The van der Waals surface area contributed by atoms with Gasteiger partial charge in [0.15, 0.2) is 18.1 Å². The molecule has 29 heavy (non-hydrogen) atoms. The van der Waals surface area contributed by atoms with Crippen LogP contribution in [0.25, 0.3) is 0 Å². The van der Waals surface area contributed by atoms with Gasteiger partial charge in [-0.25, -0.2) is 9.78 Å². The number of nitrogens with zero attached hydrogens (tertiary/aromatic N) is 1. The molecule has 2 amide bonds. The highest BCUT2D eigenvalue weighted by molar-refractivity contribution is 7.09. The van der Waals surface area contributed by atoms with Crippen LogP contribution in [-0.2, 0) is 20.7 Å². The van der Waals surface area contributed by atoms with E-state index in [9.17, 15) is 14.4 Å². The van der Waals surface area contributed by atoms with Crippen molar-refractivity contribution in [2.75, 3.05) is 20.3 Å². The molecule has 0 saturated heterocycles. The summed E-state index contributed by atoms with van der Waals surface area (Å²) in [4.78, 5) is 39.8. The third kappa shape index (κ3) is 6.92. The zero-order chi connectivity index (χ0) is 21.2. The number of ether oxygens (including phenoxy) is 3. The molecule has 0 unspecified atom stereocenters. The first-order valence-corrected chi connectivity index (χ1v) is 9.38. The van der Waals surface area contributed by atoms with Gasteiger partial charge in [-0.05, 0) is 25.1 Å². The smallest absolute Gasteiger partial charge is 0.338 e. The van der Waals surface area contributed by atoms with E-state index in [0.29, 0.717) is 16.5 Å². The molecule has 0 spiro atoms. The van der Waals surface area contributed by atoms with E-state index in [4.69, 9.17) is 14.2 Å². The summed E-state index contributed by atoms with van der Waals surface area (Å²) in [5.41, 5.74) is 5.43. The van der Waals surface area contributed by atoms with Gasteiger partial charge in [-0.2, -0.15) is 0 Å². The van der Waals surface area contributed by atoms with Crippen LogP contribution in [0, 0.1) is 6.92 Å². The Bertz CT molecular complexity index is 896. The third-order valence-corrected chi connectivity index (χ3v) is 4.38. The monoisotopic (exact) mass is 419 g/mol. The molecular weight excluding hydrogens is 398 g/mol. The number of carbonyl (C=O) groups excluding carboxylic acids is 3. The summed E-state index contributed by atoms with van der Waals surface area (Å²) < 4.78 is 15.5. The first-order valence-electron chi connectivity index (χ1n) is 8.50. The van der Waals surface area contributed by atoms with Gasteiger partial charge in [0.2, 0.25) is 5.91 Å². The number of aryl methyl sites for hydroxylation is 1. The van der Waals surface area contributed by atoms with Crippen molar-refractivity contribution in [2.45, 2.75) is 13.3 Å². The number of methoxy groups -OCH3 is 1. The highest BCUT2D eigenvalue weighted by atomic mass is 32.1. The Morgan fingerprint density at radius 3 is 2.62 bits per heavy atom. The Balaban J connectivity index is 1.79. The molecule has 0 radical (unpaired) electrons. The van der Waals surface area contributed by atoms with Crippen molar-refractivity contribution in [3.63, 3.8) is 0 Å². The SMILES string of the molecule is C=CCOc1ccc(C(=O)OCC(=O)NNC(=O)Cc2nc(C)cs2)cc1OC. The Labute approximate surface area is 171 Å². The standard InChI is InChI=1S/C19H21N3O6S/c1-4-7-27-14-6-5-13(8-15(14)26-3)19(25)28-10-17(24)22-21-16(23)9-18-20-12(2)11-29-18/h4-6,8,11H,1,7,9-10H2,2-3H3,(H,21,23)(H,22,24). The van der Waals surface area contributed by atoms with Crippen LogP contribution in [0.5, 0.6) is 11.5 Å². The molecule has 1 aromatic carbocycles. The molecule has 0 aliphatic carbocycles. The van der Waals surface area contributed by atoms with Crippen LogP contribution in [0.4, 0.5) is 0 Å². The second kappa shape index (κ2) is 10.8. The van der Waals surface area contributed by atoms with Gasteiger partial charge in [0.25, 0.3) is 5.91 Å². The predicted octanol–water partition coefficient (Wildman–Crippen LogP) is 1.57. The number of thiazole rings is 1. The highest BCUT2D eigenvalue weighted by Crippen LogP contribution is 2.28. The second-order valence-electron chi connectivity index (χ2n) is 5.70. The molecule has 0 saturated carbocycles. The van der Waals surface area contributed by atoms with Gasteiger partial charge < -0.3 is 14.2 Å². The van der Waals surface area contributed by atoms with Crippen LogP contribution in [0.3, 0.4) is 0 Å². The van der Waals surface area contributed by atoms with Gasteiger partial charge in [0, 0.05) is 11.1 Å². The number of hydrogen-bond acceptors (Lipinski definition) is 8. The van der Waals surface area contributed by atoms with Gasteiger partial charge in [0.05, 0.1) is 19.1 Å². The molecule has 0 fully saturated rings. The van der Waals surface area contributed by atoms with Crippen LogP contribution in [0.1, 0.15) is 21.1 Å². The molecule has 10 heteroatoms. The lowest BCUT2D eigenvalue weighted by molar-refractivity contribution is -0.130. The van der Waals surface area contributed by atoms with Crippen molar-refractivity contribution < 1.29 is 28.6 Å². The molecule has 2 N–H and O–H groups in total. The molecule has 1 heterocycles. The van der Waals surface area contributed by atoms with Crippen molar-refractivity contribution >= 4 is 29.1 Å². The van der Waals surface area contributed by atoms with Crippen LogP contribution in [0.2, 0.25) is 0 Å². The Morgan fingerprint density at radius 2 is 1.97 bits per heavy atom. The van der Waals surface area contributed by atoms with Crippen molar-refractivity contribution in [3.05, 3.63) is 52.5 Å². The predicted molar refractivity (Wildman–Crippen MR) is 106 cm³/mol. The Morgan fingerprint density at radius 1 is 1.21 bits per heavy atom. The number of esters is 1. The zero-order valence-electron chi connectivity index (χ0n) is 16.0. The van der Waals surface area contributed by atoms with E-state index >= 15 is 0 Å². The molecule has 0 bridgehead atoms. The summed E-state index contributed by atoms with van der Waals surface area (Å²) in [7, 11) is 1.44. The van der Waals surface area contributed by atoms with Crippen LogP contribution in [0.15, 0.2) is 36.2 Å². The van der Waals surface area contributed by atoms with E-state index in [1.807, 2.05) is 12.3 Å². The maximum atomic E-state index is 12.1. The summed E-state index contributed by atoms with van der Waals surface area (Å²) >= 11 is 1.35. The number of nitrogens with one attached hydrogen (secondary N) is 2. The van der Waals surface area contributed by atoms with E-state index in [1.165, 1.54) is 30.6 Å². The lowest BCUT2D eigenvalue weighted by atomic mass is 10.2. The molecule has 9 nitrogen and oxygen atoms in total. The molecule has 0 atom stereocenters. The molecule has 2 aromatic rings. The molecule has 1 aromatic heterocycles. The maximum absolute atomic E-state index is 12.1. The van der Waals surface area contributed by atoms with Gasteiger partial charge in [-0.1, -0.05) is 12.7 Å². The first kappa shape index (κ1) is 21.9. The van der Waals surface area contributed by atoms with Crippen LogP contribution >= 0.6 is 11.3 Å². The Hall–Kier alpha value is -3.40. The van der Waals surface area contributed by atoms with Crippen molar-refractivity contribution in [3.8, 4) is 11.5 Å². The van der Waals surface area contributed by atoms with E-state index in [-0.39, 0.29) is 18.6 Å². The molecule has 0 aliphatic rings. The number of rotatable bonds is 9. The fourth-order valence-corrected chi connectivity index (χ4v) is 2.89. The fourth-order valence-electron chi connectivity index (χ4n) is 2.12. The fraction of sp³-hybridized carbons (Fsp3) is 0.263. The largest absolute Gasteiger partial charge is 0.493 e. The molecule has 154 valence electrons. The normalized spacial score (nSPS) is 10.0. The topological polar surface area (TPSA) is 116 Å². The minimum Gasteiger partial charge on any atom is -0.493 e. The minimum absolute atomic E-state index is 0.0403. The Kier molecular flexibility index (Phi) is 8.16. The van der Waals surface area contributed by atoms with E-state index < -0.39 is 24.4 Å². The maximum Gasteiger partial charge on any atom is 0.338 e. The molecule has 0 aliphatic heterocycles. The van der Waals surface area contributed by atoms with Crippen molar-refractivity contribution in [1.82, 2.24) is 15.8 Å². The minimum atomic E-state index is -0.724. The van der Waals surface area contributed by atoms with E-state index in [2.05, 4.69) is 22.4 Å². The summed E-state index contributed by atoms with van der Waals surface area (Å²) in [6, 6.07) is 4.48. The number of amides is 2. The summed E-state index contributed by atoms with van der Waals surface area (Å²) in [5, 5.41) is 2.46. The second-order valence-corrected chi connectivity index (χ2v) is 6.64. The average Bonchev–Trinajstić information content (AvgIpc) is 3.13. The summed E-state index contributed by atoms with van der Waals surface area (Å²) in [6.45, 7) is 5.11. The van der Waals surface area contributed by atoms with Crippen LogP contribution < -0.4 is 20.3 Å². The summed E-state index contributed by atoms with van der Waals surface area (Å²) in [6.07, 6.45) is 1.62. The van der Waals surface area contributed by atoms with Crippen molar-refractivity contribution in [1.29, 1.82) is 0 Å². The number of carbonyl (C=O) groups is 3. The lowest BCUT2D eigenvalue weighted by Gasteiger charge is -2.11. The van der Waals surface area contributed by atoms with E-state index in [0.717, 1.165) is 5.69 Å². The quantitative estimate of drug-likeness (QED) is 0.360. The third-order valence-electron chi connectivity index (χ3n) is 3.41. The number of benzene rings is 1. The van der Waals surface area contributed by atoms with Gasteiger partial charge >= 0.3 is 5.97 Å². The zero-order valence-corrected chi connectivity index (χ0v) is 16.8. The number of aromatic nitrogens is 1. The van der Waals surface area contributed by atoms with Crippen LogP contribution in [-0.4, -0.2) is 43.1 Å². The van der Waals surface area contributed by atoms with E-state index in [1.54, 1.807) is 12.1 Å². The van der Waals surface area contributed by atoms with Gasteiger partial charge in [0.1, 0.15) is 11.6 Å². The summed E-state index contributed by atoms with van der Waals surface area (Å²) in [5.74, 6) is -1.05. The number of hydrogen-bond donors (Lipinski definition) is 2. The van der Waals surface area contributed by atoms with Crippen molar-refractivity contribution in [2.24, 2.45) is 0 Å². The molecule has 2 rings (SSSR count). The first-order chi connectivity index (χ1) is 13.9. The highest BCUT2D eigenvalue weighted by Gasteiger charge is 2.14. The van der Waals surface area contributed by atoms with Gasteiger partial charge in [-0.15, -0.1) is 11.3 Å².